The Labute approximate surface area is 315 Å². The molecule has 290 valence electrons. The lowest BCUT2D eigenvalue weighted by molar-refractivity contribution is -0.163. The van der Waals surface area contributed by atoms with Gasteiger partial charge >= 0.3 is 34.5 Å². The maximum Gasteiger partial charge on any atom is 0.367 e. The van der Waals surface area contributed by atoms with Crippen LogP contribution in [0.5, 0.6) is 0 Å². The Morgan fingerprint density at radius 2 is 0.860 bits per heavy atom. The first-order chi connectivity index (χ1) is 22.9. The Balaban J connectivity index is 5.46. The van der Waals surface area contributed by atoms with Crippen LogP contribution in [0, 0.1) is 22.7 Å². The van der Waals surface area contributed by atoms with Gasteiger partial charge in [-0.2, -0.15) is 0 Å². The highest BCUT2D eigenvalue weighted by atomic mass is 35.5. The summed E-state index contributed by atoms with van der Waals surface area (Å²) in [6, 6.07) is 0. The first-order valence-corrected chi connectivity index (χ1v) is 19.2. The lowest BCUT2D eigenvalue weighted by Gasteiger charge is -2.39. The van der Waals surface area contributed by atoms with Crippen LogP contribution in [-0.2, 0) is 47.6 Å². The second kappa shape index (κ2) is 21.6. The van der Waals surface area contributed by atoms with Crippen molar-refractivity contribution in [2.24, 2.45) is 22.7 Å². The largest absolute Gasteiger partial charge is 0.462 e. The molecule has 0 aliphatic heterocycles. The van der Waals surface area contributed by atoms with E-state index in [2.05, 4.69) is 0 Å². The molecule has 0 aromatic rings. The third-order valence-corrected chi connectivity index (χ3v) is 11.2. The number of ether oxygens (including phenoxy) is 6. The summed E-state index contributed by atoms with van der Waals surface area (Å²) in [6.07, 6.45) is -1.20. The average Bonchev–Trinajstić information content (AvgIpc) is 3.00. The molecule has 12 nitrogen and oxygen atoms in total. The van der Waals surface area contributed by atoms with Crippen molar-refractivity contribution in [3.63, 3.8) is 0 Å². The van der Waals surface area contributed by atoms with Crippen molar-refractivity contribution in [3.05, 3.63) is 0 Å². The minimum Gasteiger partial charge on any atom is -0.462 e. The van der Waals surface area contributed by atoms with Crippen LogP contribution in [-0.4, -0.2) is 94.4 Å². The number of carbonyl (C=O) groups excluding carboxylic acids is 6. The number of carbonyl (C=O) groups is 6. The molecule has 0 aliphatic carbocycles. The summed E-state index contributed by atoms with van der Waals surface area (Å²) >= 11 is 13.2. The van der Waals surface area contributed by atoms with E-state index in [1.807, 2.05) is 27.7 Å². The maximum absolute atomic E-state index is 13.1. The summed E-state index contributed by atoms with van der Waals surface area (Å²) in [5, 5.41) is -1.04. The number of alkyl halides is 2. The van der Waals surface area contributed by atoms with E-state index in [4.69, 9.17) is 51.6 Å². The molecule has 0 aliphatic rings. The highest BCUT2D eigenvalue weighted by Gasteiger charge is 2.45. The van der Waals surface area contributed by atoms with Gasteiger partial charge in [-0.15, -0.1) is 23.2 Å². The van der Waals surface area contributed by atoms with Gasteiger partial charge in [-0.25, -0.2) is 9.59 Å². The number of hydrogen-bond donors (Lipinski definition) is 0. The van der Waals surface area contributed by atoms with E-state index in [1.54, 1.807) is 55.4 Å². The zero-order valence-electron chi connectivity index (χ0n) is 31.4. The number of rotatable bonds is 21. The fourth-order valence-corrected chi connectivity index (χ4v) is 6.44. The molecule has 0 aromatic carbocycles. The maximum atomic E-state index is 13.1. The molecule has 0 bridgehead atoms. The number of hydrogen-bond acceptors (Lipinski definition) is 14. The number of esters is 4. The Hall–Kier alpha value is -1.90. The smallest absolute Gasteiger partial charge is 0.367 e. The summed E-state index contributed by atoms with van der Waals surface area (Å²) in [7, 11) is 0. The van der Waals surface area contributed by atoms with Crippen molar-refractivity contribution in [1.29, 1.82) is 0 Å². The van der Waals surface area contributed by atoms with E-state index in [1.165, 1.54) is 0 Å². The molecular formula is C34H56Cl2O12S2. The molecule has 0 fully saturated rings. The minimum atomic E-state index is -0.908. The molecule has 16 heteroatoms. The molecule has 0 spiro atoms. The molecule has 0 N–H and O–H groups in total. The monoisotopic (exact) mass is 790 g/mol. The first-order valence-electron chi connectivity index (χ1n) is 16.5. The van der Waals surface area contributed by atoms with Crippen LogP contribution < -0.4 is 0 Å². The lowest BCUT2D eigenvalue weighted by atomic mass is 9.74. The predicted molar refractivity (Wildman–Crippen MR) is 196 cm³/mol. The molecule has 4 unspecified atom stereocenters. The van der Waals surface area contributed by atoms with E-state index in [9.17, 15) is 28.8 Å². The van der Waals surface area contributed by atoms with E-state index >= 15 is 0 Å². The second-order valence-corrected chi connectivity index (χ2v) is 17.9. The Kier molecular flexibility index (Phi) is 20.8. The number of halogens is 2. The van der Waals surface area contributed by atoms with Crippen LogP contribution in [0.4, 0.5) is 9.59 Å². The number of thioether (sulfide) groups is 2. The molecule has 0 rings (SSSR count). The third-order valence-electron chi connectivity index (χ3n) is 8.58. The van der Waals surface area contributed by atoms with Gasteiger partial charge in [0.15, 0.2) is 0 Å². The molecular weight excluding hydrogens is 735 g/mol. The standard InChI is InChI=1S/C34H56Cl2O12S2/c1-13-43-29(41)49-33(9,10)23(47-25(37)19-35)17-31(5,6)21(3)27(39)45-15-16-46-28(40)22(4)32(7,8)18-24(48-26(38)20-36)34(11,12)50-30(42)44-14-2/h21-24H,13-20H2,1-12H3. The lowest BCUT2D eigenvalue weighted by Crippen LogP contribution is -2.44. The van der Waals surface area contributed by atoms with Gasteiger partial charge in [-0.3, -0.25) is 19.2 Å². The highest BCUT2D eigenvalue weighted by Crippen LogP contribution is 2.43. The third kappa shape index (κ3) is 16.6. The van der Waals surface area contributed by atoms with Gasteiger partial charge in [0.05, 0.1) is 34.5 Å². The molecule has 0 saturated heterocycles. The van der Waals surface area contributed by atoms with Crippen LogP contribution >= 0.6 is 46.7 Å². The van der Waals surface area contributed by atoms with Gasteiger partial charge in [0.1, 0.15) is 37.2 Å². The van der Waals surface area contributed by atoms with Gasteiger partial charge in [0.2, 0.25) is 0 Å². The van der Waals surface area contributed by atoms with E-state index < -0.39 is 78.8 Å². The zero-order valence-corrected chi connectivity index (χ0v) is 34.6. The summed E-state index contributed by atoms with van der Waals surface area (Å²) in [5.74, 6) is -4.54. The zero-order chi connectivity index (χ0) is 39.1. The van der Waals surface area contributed by atoms with Crippen molar-refractivity contribution < 1.29 is 57.2 Å². The second-order valence-electron chi connectivity index (χ2n) is 14.2. The Bertz CT molecular complexity index is 1070. The molecule has 0 saturated carbocycles. The molecule has 0 heterocycles. The minimum absolute atomic E-state index is 0.192. The topological polar surface area (TPSA) is 158 Å². The van der Waals surface area contributed by atoms with Crippen molar-refractivity contribution in [3.8, 4) is 0 Å². The van der Waals surface area contributed by atoms with Crippen molar-refractivity contribution in [2.75, 3.05) is 38.2 Å². The summed E-state index contributed by atoms with van der Waals surface area (Å²) in [4.78, 5) is 75.0. The average molecular weight is 792 g/mol. The summed E-state index contributed by atoms with van der Waals surface area (Å²) < 4.78 is 30.4. The molecule has 0 aromatic heterocycles. The summed E-state index contributed by atoms with van der Waals surface area (Å²) in [5.41, 5.74) is -1.53. The van der Waals surface area contributed by atoms with Crippen molar-refractivity contribution in [1.82, 2.24) is 0 Å². The summed E-state index contributed by atoms with van der Waals surface area (Å²) in [6.45, 7) is 21.0. The van der Waals surface area contributed by atoms with Crippen molar-refractivity contribution in [2.45, 2.75) is 118 Å². The van der Waals surface area contributed by atoms with E-state index in [0.29, 0.717) is 0 Å². The highest BCUT2D eigenvalue weighted by molar-refractivity contribution is 8.14. The van der Waals surface area contributed by atoms with Gasteiger partial charge in [-0.1, -0.05) is 41.5 Å². The predicted octanol–water partition coefficient (Wildman–Crippen LogP) is 7.82. The van der Waals surface area contributed by atoms with Gasteiger partial charge in [-0.05, 0) is 88.7 Å². The molecule has 0 radical (unpaired) electrons. The van der Waals surface area contributed by atoms with E-state index in [-0.39, 0.29) is 51.0 Å². The van der Waals surface area contributed by atoms with Crippen LogP contribution in [0.25, 0.3) is 0 Å². The van der Waals surface area contributed by atoms with Gasteiger partial charge in [0.25, 0.3) is 0 Å². The van der Waals surface area contributed by atoms with Crippen LogP contribution in [0.15, 0.2) is 0 Å². The Morgan fingerprint density at radius 3 is 1.12 bits per heavy atom. The van der Waals surface area contributed by atoms with Gasteiger partial charge < -0.3 is 28.4 Å². The first kappa shape index (κ1) is 48.1. The molecule has 50 heavy (non-hydrogen) atoms. The van der Waals surface area contributed by atoms with Crippen LogP contribution in [0.3, 0.4) is 0 Å². The normalized spacial score (nSPS) is 14.8. The van der Waals surface area contributed by atoms with Gasteiger partial charge in [0, 0.05) is 0 Å². The fraction of sp³-hybridized carbons (Fsp3) is 0.824. The van der Waals surface area contributed by atoms with Crippen LogP contribution in [0.1, 0.15) is 95.9 Å². The molecule has 0 amide bonds. The van der Waals surface area contributed by atoms with E-state index in [0.717, 1.165) is 23.5 Å². The van der Waals surface area contributed by atoms with Crippen LogP contribution in [0.2, 0.25) is 0 Å². The Morgan fingerprint density at radius 1 is 0.560 bits per heavy atom. The fourth-order valence-electron chi connectivity index (χ4n) is 4.58. The SMILES string of the molecule is CCOC(=O)SC(C)(C)C(CC(C)(C)C(C)C(=O)OCCOC(=O)C(C)C(C)(C)CC(OC(=O)CCl)C(C)(C)SC(=O)OCC)OC(=O)CCl. The van der Waals surface area contributed by atoms with Crippen molar-refractivity contribution >= 4 is 81.2 Å². The molecule has 4 atom stereocenters. The quantitative estimate of drug-likeness (QED) is 0.0480.